The second-order valence-corrected chi connectivity index (χ2v) is 5.69. The van der Waals surface area contributed by atoms with Crippen LogP contribution >= 0.6 is 0 Å². The maximum Gasteiger partial charge on any atom is 0.295 e. The Hall–Kier alpha value is -3.29. The molecule has 0 fully saturated rings. The first-order valence-corrected chi connectivity index (χ1v) is 8.00. The number of ether oxygens (including phenoxy) is 1. The number of methoxy groups -OCH3 is 1. The van der Waals surface area contributed by atoms with Gasteiger partial charge in [0.1, 0.15) is 17.3 Å². The second-order valence-electron chi connectivity index (χ2n) is 5.69. The maximum atomic E-state index is 12.0. The molecule has 1 aliphatic heterocycles. The molecular weight excluding hydrogens is 334 g/mol. The average Bonchev–Trinajstić information content (AvgIpc) is 2.62. The molecule has 2 rings (SSSR count). The van der Waals surface area contributed by atoms with Crippen LogP contribution in [0, 0.1) is 5.41 Å². The van der Waals surface area contributed by atoms with Crippen molar-refractivity contribution in [3.63, 3.8) is 0 Å². The molecule has 1 aliphatic rings. The highest BCUT2D eigenvalue weighted by atomic mass is 16.5. The minimum atomic E-state index is -0.578. The van der Waals surface area contributed by atoms with Gasteiger partial charge in [-0.05, 0) is 29.8 Å². The fourth-order valence-electron chi connectivity index (χ4n) is 2.29. The highest BCUT2D eigenvalue weighted by molar-refractivity contribution is 6.41. The molecule has 0 aliphatic carbocycles. The van der Waals surface area contributed by atoms with Gasteiger partial charge in [-0.15, -0.1) is 0 Å². The second kappa shape index (κ2) is 8.70. The van der Waals surface area contributed by atoms with Crippen LogP contribution in [-0.2, 0) is 16.0 Å². The van der Waals surface area contributed by atoms with E-state index in [-0.39, 0.29) is 31.7 Å². The minimum absolute atomic E-state index is 0. The first-order valence-electron chi connectivity index (χ1n) is 8.00. The Bertz CT molecular complexity index is 817. The number of nitrogens with zero attached hydrogens (tertiary/aromatic N) is 3. The number of nitrogens with one attached hydrogen (secondary N) is 1. The van der Waals surface area contributed by atoms with E-state index in [9.17, 15) is 9.59 Å². The van der Waals surface area contributed by atoms with Crippen LogP contribution in [0.2, 0.25) is 0 Å². The third-order valence-corrected chi connectivity index (χ3v) is 3.67. The van der Waals surface area contributed by atoms with E-state index in [1.165, 1.54) is 19.2 Å². The zero-order chi connectivity index (χ0) is 19.1. The van der Waals surface area contributed by atoms with E-state index in [2.05, 4.69) is 10.1 Å². The quantitative estimate of drug-likeness (QED) is 0.592. The number of aliphatic imine (C=N–C) groups is 1. The number of carbonyl (C=O) groups excluding carboxylic acids is 2. The van der Waals surface area contributed by atoms with Crippen molar-refractivity contribution in [3.05, 3.63) is 42.0 Å². The van der Waals surface area contributed by atoms with Crippen LogP contribution in [0.15, 0.2) is 46.5 Å². The summed E-state index contributed by atoms with van der Waals surface area (Å²) in [7, 11) is 3.07. The maximum absolute atomic E-state index is 12.0. The SMILES string of the molecule is COc1cccc(CC(=N)/C=C\C(N)=NC(=O)C2=NN(C)C(=O)CC2)c1.[HH]. The van der Waals surface area contributed by atoms with Crippen LogP contribution in [0.5, 0.6) is 5.75 Å². The fraction of sp³-hybridized carbons (Fsp3) is 0.278. The number of hydrazone groups is 1. The topological polar surface area (TPSA) is 121 Å². The van der Waals surface area contributed by atoms with E-state index >= 15 is 0 Å². The Kier molecular flexibility index (Phi) is 6.37. The molecule has 8 nitrogen and oxygen atoms in total. The highest BCUT2D eigenvalue weighted by Gasteiger charge is 2.21. The number of rotatable bonds is 6. The molecule has 1 aromatic rings. The van der Waals surface area contributed by atoms with Gasteiger partial charge in [0, 0.05) is 33.4 Å². The van der Waals surface area contributed by atoms with Crippen molar-refractivity contribution in [1.82, 2.24) is 5.01 Å². The number of amidine groups is 1. The smallest absolute Gasteiger partial charge is 0.295 e. The number of amides is 2. The van der Waals surface area contributed by atoms with Crippen molar-refractivity contribution in [2.45, 2.75) is 19.3 Å². The number of benzene rings is 1. The summed E-state index contributed by atoms with van der Waals surface area (Å²) in [6, 6.07) is 7.43. The third kappa shape index (κ3) is 5.37. The number of allylic oxidation sites excluding steroid dienone is 1. The molecule has 138 valence electrons. The van der Waals surface area contributed by atoms with Crippen LogP contribution in [0.1, 0.15) is 19.8 Å². The molecule has 2 amide bonds. The molecule has 0 spiro atoms. The summed E-state index contributed by atoms with van der Waals surface area (Å²) in [6.07, 6.45) is 3.75. The lowest BCUT2D eigenvalue weighted by atomic mass is 10.1. The predicted molar refractivity (Wildman–Crippen MR) is 102 cm³/mol. The Morgan fingerprint density at radius 3 is 2.92 bits per heavy atom. The molecule has 0 aromatic heterocycles. The summed E-state index contributed by atoms with van der Waals surface area (Å²) in [5, 5.41) is 13.0. The molecule has 8 heteroatoms. The minimum Gasteiger partial charge on any atom is -0.497 e. The summed E-state index contributed by atoms with van der Waals surface area (Å²) in [5.74, 6) is -0.0227. The molecule has 0 radical (unpaired) electrons. The molecule has 0 bridgehead atoms. The Balaban J connectivity index is 0.00000364. The summed E-state index contributed by atoms with van der Waals surface area (Å²) >= 11 is 0. The standard InChI is InChI=1S/C18H21N5O3.H2/c1-23-17(24)9-7-15(22-23)18(25)21-16(20)8-6-13(19)10-12-4-3-5-14(11-12)26-2;/h3-6,8,11,19H,7,9-10H2,1-2H3,(H2,20,21,25);1H/b8-6-,19-13?;. The normalized spacial score (nSPS) is 15.2. The van der Waals surface area contributed by atoms with E-state index in [4.69, 9.17) is 15.9 Å². The molecule has 0 atom stereocenters. The van der Waals surface area contributed by atoms with Crippen molar-refractivity contribution in [2.24, 2.45) is 15.8 Å². The zero-order valence-corrected chi connectivity index (χ0v) is 14.7. The van der Waals surface area contributed by atoms with Gasteiger partial charge in [-0.3, -0.25) is 9.59 Å². The van der Waals surface area contributed by atoms with Crippen molar-refractivity contribution < 1.29 is 15.8 Å². The molecule has 0 unspecified atom stereocenters. The molecule has 0 saturated heterocycles. The summed E-state index contributed by atoms with van der Waals surface area (Å²) < 4.78 is 5.15. The largest absolute Gasteiger partial charge is 0.497 e. The van der Waals surface area contributed by atoms with E-state index in [1.807, 2.05) is 24.3 Å². The Labute approximate surface area is 153 Å². The number of nitrogens with two attached hydrogens (primary N) is 1. The van der Waals surface area contributed by atoms with Crippen LogP contribution in [0.25, 0.3) is 0 Å². The summed E-state index contributed by atoms with van der Waals surface area (Å²) in [4.78, 5) is 27.1. The van der Waals surface area contributed by atoms with Gasteiger partial charge in [0.2, 0.25) is 5.91 Å². The van der Waals surface area contributed by atoms with Gasteiger partial charge in [-0.1, -0.05) is 12.1 Å². The number of carbonyl (C=O) groups is 2. The molecule has 26 heavy (non-hydrogen) atoms. The molecule has 1 heterocycles. The lowest BCUT2D eigenvalue weighted by Gasteiger charge is -2.17. The van der Waals surface area contributed by atoms with E-state index in [0.29, 0.717) is 12.1 Å². The van der Waals surface area contributed by atoms with Gasteiger partial charge in [0.25, 0.3) is 5.91 Å². The van der Waals surface area contributed by atoms with Crippen LogP contribution in [0.4, 0.5) is 0 Å². The third-order valence-electron chi connectivity index (χ3n) is 3.67. The zero-order valence-electron chi connectivity index (χ0n) is 14.7. The van der Waals surface area contributed by atoms with Gasteiger partial charge < -0.3 is 15.9 Å². The van der Waals surface area contributed by atoms with Crippen molar-refractivity contribution in [3.8, 4) is 5.75 Å². The Morgan fingerprint density at radius 1 is 1.46 bits per heavy atom. The lowest BCUT2D eigenvalue weighted by molar-refractivity contribution is -0.130. The van der Waals surface area contributed by atoms with Crippen molar-refractivity contribution >= 4 is 29.1 Å². The summed E-state index contributed by atoms with van der Waals surface area (Å²) in [5.41, 5.74) is 7.15. The monoisotopic (exact) mass is 357 g/mol. The lowest BCUT2D eigenvalue weighted by Crippen LogP contribution is -2.31. The highest BCUT2D eigenvalue weighted by Crippen LogP contribution is 2.13. The molecular formula is C18H23N5O3. The first-order chi connectivity index (χ1) is 12.4. The van der Waals surface area contributed by atoms with Crippen molar-refractivity contribution in [2.75, 3.05) is 14.2 Å². The fourth-order valence-corrected chi connectivity index (χ4v) is 2.29. The van der Waals surface area contributed by atoms with Gasteiger partial charge >= 0.3 is 0 Å². The van der Waals surface area contributed by atoms with Crippen LogP contribution in [-0.4, -0.2) is 48.2 Å². The van der Waals surface area contributed by atoms with Crippen LogP contribution in [0.3, 0.4) is 0 Å². The van der Waals surface area contributed by atoms with E-state index in [0.717, 1.165) is 16.3 Å². The molecule has 3 N–H and O–H groups in total. The van der Waals surface area contributed by atoms with Gasteiger partial charge in [-0.2, -0.15) is 10.1 Å². The van der Waals surface area contributed by atoms with E-state index < -0.39 is 5.91 Å². The van der Waals surface area contributed by atoms with Gasteiger partial charge in [0.15, 0.2) is 0 Å². The first kappa shape index (κ1) is 19.0. The van der Waals surface area contributed by atoms with Gasteiger partial charge in [0.05, 0.1) is 7.11 Å². The summed E-state index contributed by atoms with van der Waals surface area (Å²) in [6.45, 7) is 0. The van der Waals surface area contributed by atoms with Crippen molar-refractivity contribution in [1.29, 1.82) is 5.41 Å². The molecule has 1 aromatic carbocycles. The number of hydrogen-bond donors (Lipinski definition) is 2. The Morgan fingerprint density at radius 2 is 2.23 bits per heavy atom. The predicted octanol–water partition coefficient (Wildman–Crippen LogP) is 1.55. The van der Waals surface area contributed by atoms with Crippen LogP contribution < -0.4 is 10.5 Å². The number of hydrogen-bond acceptors (Lipinski definition) is 5. The molecule has 0 saturated carbocycles. The van der Waals surface area contributed by atoms with Gasteiger partial charge in [-0.25, -0.2) is 5.01 Å². The van der Waals surface area contributed by atoms with E-state index in [1.54, 1.807) is 7.11 Å². The average molecular weight is 357 g/mol.